The molecule has 1 fully saturated rings. The van der Waals surface area contributed by atoms with Crippen molar-refractivity contribution in [2.45, 2.75) is 25.0 Å². The van der Waals surface area contributed by atoms with E-state index in [0.29, 0.717) is 11.4 Å². The smallest absolute Gasteiger partial charge is 0.263 e. The van der Waals surface area contributed by atoms with Crippen LogP contribution < -0.4 is 9.64 Å². The van der Waals surface area contributed by atoms with Crippen molar-refractivity contribution in [3.05, 3.63) is 59.7 Å². The first kappa shape index (κ1) is 16.1. The van der Waals surface area contributed by atoms with Gasteiger partial charge in [0.05, 0.1) is 7.11 Å². The lowest BCUT2D eigenvalue weighted by molar-refractivity contribution is -0.153. The highest BCUT2D eigenvalue weighted by Gasteiger charge is 2.60. The van der Waals surface area contributed by atoms with Crippen molar-refractivity contribution in [3.63, 3.8) is 0 Å². The number of β-lactam (4-membered cyclic amide) rings is 1. The van der Waals surface area contributed by atoms with Gasteiger partial charge in [0.25, 0.3) is 5.91 Å². The van der Waals surface area contributed by atoms with Crippen LogP contribution in [-0.2, 0) is 4.79 Å². The fourth-order valence-electron chi connectivity index (χ4n) is 3.10. The van der Waals surface area contributed by atoms with Crippen molar-refractivity contribution in [3.8, 4) is 18.1 Å². The third-order valence-corrected chi connectivity index (χ3v) is 4.41. The van der Waals surface area contributed by atoms with Gasteiger partial charge in [-0.15, -0.1) is 12.3 Å². The number of hydrogen-bond acceptors (Lipinski definition) is 3. The largest absolute Gasteiger partial charge is 0.497 e. The van der Waals surface area contributed by atoms with Gasteiger partial charge in [0.2, 0.25) is 0 Å². The van der Waals surface area contributed by atoms with E-state index in [1.807, 2.05) is 31.2 Å². The highest BCUT2D eigenvalue weighted by molar-refractivity contribution is 6.08. The summed E-state index contributed by atoms with van der Waals surface area (Å²) in [4.78, 5) is 14.2. The summed E-state index contributed by atoms with van der Waals surface area (Å²) in [5, 5.41) is 10.8. The van der Waals surface area contributed by atoms with E-state index in [4.69, 9.17) is 11.2 Å². The molecule has 0 spiro atoms. The standard InChI is InChI=1S/C20H19NO3/c1-4-13-20(23)18(15-7-5-14(2)6-8-15)21(19(20)22)16-9-11-17(24-3)12-10-16/h1,5-12,18,23H,13H2,2-3H3/t18-,20+/m0/s1. The quantitative estimate of drug-likeness (QED) is 0.696. The molecule has 1 amide bonds. The zero-order valence-electron chi connectivity index (χ0n) is 13.7. The predicted molar refractivity (Wildman–Crippen MR) is 92.8 cm³/mol. The second-order valence-electron chi connectivity index (χ2n) is 5.99. The van der Waals surface area contributed by atoms with Gasteiger partial charge in [-0.1, -0.05) is 29.8 Å². The van der Waals surface area contributed by atoms with Gasteiger partial charge in [0.1, 0.15) is 11.8 Å². The number of carbonyl (C=O) groups excluding carboxylic acids is 1. The first-order valence-corrected chi connectivity index (χ1v) is 7.71. The Kier molecular flexibility index (Phi) is 4.04. The average Bonchev–Trinajstić information content (AvgIpc) is 2.60. The van der Waals surface area contributed by atoms with Crippen LogP contribution in [0.25, 0.3) is 0 Å². The number of carbonyl (C=O) groups is 1. The van der Waals surface area contributed by atoms with Gasteiger partial charge in [-0.3, -0.25) is 9.69 Å². The van der Waals surface area contributed by atoms with Gasteiger partial charge in [-0.25, -0.2) is 0 Å². The molecule has 1 aliphatic rings. The Morgan fingerprint density at radius 2 is 1.83 bits per heavy atom. The van der Waals surface area contributed by atoms with Crippen LogP contribution in [0.15, 0.2) is 48.5 Å². The lowest BCUT2D eigenvalue weighted by Gasteiger charge is -2.52. The van der Waals surface area contributed by atoms with Crippen molar-refractivity contribution in [2.24, 2.45) is 0 Å². The van der Waals surface area contributed by atoms with Crippen molar-refractivity contribution >= 4 is 11.6 Å². The monoisotopic (exact) mass is 321 g/mol. The molecule has 1 heterocycles. The normalized spacial score (nSPS) is 22.7. The fourth-order valence-corrected chi connectivity index (χ4v) is 3.10. The molecule has 3 rings (SSSR count). The molecule has 122 valence electrons. The Balaban J connectivity index is 2.02. The summed E-state index contributed by atoms with van der Waals surface area (Å²) < 4.78 is 5.15. The summed E-state index contributed by atoms with van der Waals surface area (Å²) in [6.07, 6.45) is 5.36. The lowest BCUT2D eigenvalue weighted by atomic mass is 9.75. The number of aryl methyl sites for hydroxylation is 1. The van der Waals surface area contributed by atoms with Crippen LogP contribution >= 0.6 is 0 Å². The van der Waals surface area contributed by atoms with Crippen LogP contribution in [0.4, 0.5) is 5.69 Å². The Morgan fingerprint density at radius 1 is 1.21 bits per heavy atom. The topological polar surface area (TPSA) is 49.8 Å². The van der Waals surface area contributed by atoms with Crippen LogP contribution in [0.3, 0.4) is 0 Å². The van der Waals surface area contributed by atoms with Gasteiger partial charge in [0.15, 0.2) is 5.60 Å². The highest BCUT2D eigenvalue weighted by Crippen LogP contribution is 2.48. The molecule has 0 bridgehead atoms. The minimum absolute atomic E-state index is 0.0168. The second kappa shape index (κ2) is 6.03. The summed E-state index contributed by atoms with van der Waals surface area (Å²) in [5.74, 6) is 2.75. The fraction of sp³-hybridized carbons (Fsp3) is 0.250. The number of ether oxygens (including phenoxy) is 1. The molecule has 1 saturated heterocycles. The van der Waals surface area contributed by atoms with E-state index < -0.39 is 11.6 Å². The van der Waals surface area contributed by atoms with E-state index >= 15 is 0 Å². The lowest BCUT2D eigenvalue weighted by Crippen LogP contribution is -2.68. The maximum Gasteiger partial charge on any atom is 0.263 e. The number of terminal acetylenes is 1. The van der Waals surface area contributed by atoms with Crippen molar-refractivity contribution in [1.82, 2.24) is 0 Å². The molecule has 24 heavy (non-hydrogen) atoms. The van der Waals surface area contributed by atoms with E-state index in [1.165, 1.54) is 0 Å². The van der Waals surface area contributed by atoms with E-state index in [9.17, 15) is 9.90 Å². The number of hydrogen-bond donors (Lipinski definition) is 1. The van der Waals surface area contributed by atoms with Crippen LogP contribution in [0, 0.1) is 19.3 Å². The first-order valence-electron chi connectivity index (χ1n) is 7.71. The Morgan fingerprint density at radius 3 is 2.38 bits per heavy atom. The molecule has 0 unspecified atom stereocenters. The van der Waals surface area contributed by atoms with Crippen molar-refractivity contribution < 1.29 is 14.6 Å². The van der Waals surface area contributed by atoms with Gasteiger partial charge < -0.3 is 9.84 Å². The van der Waals surface area contributed by atoms with E-state index in [0.717, 1.165) is 11.1 Å². The molecule has 1 aliphatic heterocycles. The number of aliphatic hydroxyl groups is 1. The third kappa shape index (κ3) is 2.44. The SMILES string of the molecule is C#CC[C@]1(O)C(=O)N(c2ccc(OC)cc2)[C@H]1c1ccc(C)cc1. The summed E-state index contributed by atoms with van der Waals surface area (Å²) in [7, 11) is 1.59. The number of benzene rings is 2. The molecule has 0 aromatic heterocycles. The molecule has 4 nitrogen and oxygen atoms in total. The number of anilines is 1. The zero-order valence-corrected chi connectivity index (χ0v) is 13.7. The number of methoxy groups -OCH3 is 1. The number of amides is 1. The zero-order chi connectivity index (χ0) is 17.3. The van der Waals surface area contributed by atoms with Gasteiger partial charge in [0, 0.05) is 12.1 Å². The minimum atomic E-state index is -1.57. The third-order valence-electron chi connectivity index (χ3n) is 4.41. The van der Waals surface area contributed by atoms with Crippen molar-refractivity contribution in [2.75, 3.05) is 12.0 Å². The van der Waals surface area contributed by atoms with E-state index in [1.54, 1.807) is 36.3 Å². The van der Waals surface area contributed by atoms with Crippen molar-refractivity contribution in [1.29, 1.82) is 0 Å². The highest BCUT2D eigenvalue weighted by atomic mass is 16.5. The minimum Gasteiger partial charge on any atom is -0.497 e. The molecule has 1 N–H and O–H groups in total. The summed E-state index contributed by atoms with van der Waals surface area (Å²) in [5.41, 5.74) is 1.10. The molecule has 0 saturated carbocycles. The van der Waals surface area contributed by atoms with Crippen LogP contribution in [0.2, 0.25) is 0 Å². The average molecular weight is 321 g/mol. The number of nitrogens with zero attached hydrogens (tertiary/aromatic N) is 1. The second-order valence-corrected chi connectivity index (χ2v) is 5.99. The van der Waals surface area contributed by atoms with Gasteiger partial charge in [-0.2, -0.15) is 0 Å². The Bertz CT molecular complexity index is 789. The molecule has 4 heteroatoms. The maximum atomic E-state index is 12.6. The van der Waals surface area contributed by atoms with Crippen LogP contribution in [-0.4, -0.2) is 23.7 Å². The predicted octanol–water partition coefficient (Wildman–Crippen LogP) is 2.85. The Labute approximate surface area is 141 Å². The molecule has 2 atom stereocenters. The molecular formula is C20H19NO3. The molecule has 0 radical (unpaired) electrons. The summed E-state index contributed by atoms with van der Waals surface area (Å²) in [6.45, 7) is 1.99. The van der Waals surface area contributed by atoms with Crippen LogP contribution in [0.1, 0.15) is 23.6 Å². The van der Waals surface area contributed by atoms with Gasteiger partial charge >= 0.3 is 0 Å². The summed E-state index contributed by atoms with van der Waals surface area (Å²) in [6, 6.07) is 14.4. The maximum absolute atomic E-state index is 12.6. The van der Waals surface area contributed by atoms with E-state index in [-0.39, 0.29) is 12.3 Å². The van der Waals surface area contributed by atoms with E-state index in [2.05, 4.69) is 5.92 Å². The Hall–Kier alpha value is -2.77. The summed E-state index contributed by atoms with van der Waals surface area (Å²) >= 11 is 0. The first-order chi connectivity index (χ1) is 11.5. The number of rotatable bonds is 4. The van der Waals surface area contributed by atoms with Gasteiger partial charge in [-0.05, 0) is 36.8 Å². The molecule has 2 aromatic carbocycles. The van der Waals surface area contributed by atoms with Crippen LogP contribution in [0.5, 0.6) is 5.75 Å². The molecule has 0 aliphatic carbocycles. The molecular weight excluding hydrogens is 302 g/mol. The molecule has 2 aromatic rings.